The number of amides is 1. The van der Waals surface area contributed by atoms with Gasteiger partial charge in [0.05, 0.1) is 23.6 Å². The molecule has 0 radical (unpaired) electrons. The van der Waals surface area contributed by atoms with E-state index in [-0.39, 0.29) is 12.4 Å². The minimum absolute atomic E-state index is 0. The van der Waals surface area contributed by atoms with Crippen molar-refractivity contribution in [2.75, 3.05) is 11.9 Å². The first-order valence-corrected chi connectivity index (χ1v) is 7.28. The van der Waals surface area contributed by atoms with E-state index < -0.39 is 30.8 Å². The molecule has 3 rings (SSSR count). The monoisotopic (exact) mass is 344 g/mol. The van der Waals surface area contributed by atoms with Gasteiger partial charge in [-0.15, -0.1) is 12.4 Å². The van der Waals surface area contributed by atoms with Gasteiger partial charge in [0.2, 0.25) is 11.9 Å². The van der Waals surface area contributed by atoms with Gasteiger partial charge in [-0.3, -0.25) is 15.4 Å². The van der Waals surface area contributed by atoms with Gasteiger partial charge >= 0.3 is 0 Å². The Labute approximate surface area is 138 Å². The molecule has 1 atom stereocenters. The fraction of sp³-hybridized carbons (Fsp3) is 0.467. The van der Waals surface area contributed by atoms with E-state index in [4.69, 9.17) is 0 Å². The van der Waals surface area contributed by atoms with Gasteiger partial charge in [0, 0.05) is 13.0 Å². The number of alkyl halides is 2. The molecule has 126 valence electrons. The van der Waals surface area contributed by atoms with E-state index in [9.17, 15) is 13.6 Å². The molecule has 1 amide bonds. The smallest absolute Gasteiger partial charge is 0.262 e. The van der Waals surface area contributed by atoms with Gasteiger partial charge in [-0.1, -0.05) is 6.07 Å². The normalized spacial score (nSPS) is 19.6. The minimum atomic E-state index is -2.83. The molecule has 2 aromatic rings. The molecule has 1 saturated heterocycles. The first-order chi connectivity index (χ1) is 10.4. The molecule has 5 nitrogen and oxygen atoms in total. The van der Waals surface area contributed by atoms with Crippen LogP contribution in [0.5, 0.6) is 0 Å². The first kappa shape index (κ1) is 17.6. The van der Waals surface area contributed by atoms with E-state index in [1.54, 1.807) is 0 Å². The molecule has 0 bridgehead atoms. The first-order valence-electron chi connectivity index (χ1n) is 7.28. The van der Waals surface area contributed by atoms with Crippen molar-refractivity contribution in [3.63, 3.8) is 0 Å². The Morgan fingerprint density at radius 2 is 2.26 bits per heavy atom. The minimum Gasteiger partial charge on any atom is -0.310 e. The number of aromatic nitrogens is 2. The van der Waals surface area contributed by atoms with Crippen LogP contribution < -0.4 is 10.6 Å². The Morgan fingerprint density at radius 3 is 2.87 bits per heavy atom. The number of hydrogen-bond acceptors (Lipinski definition) is 3. The van der Waals surface area contributed by atoms with Crippen LogP contribution in [-0.4, -0.2) is 34.0 Å². The Bertz CT molecular complexity index is 732. The van der Waals surface area contributed by atoms with Crippen molar-refractivity contribution in [1.82, 2.24) is 14.9 Å². The molecule has 0 aliphatic carbocycles. The number of nitrogens with zero attached hydrogens (tertiary/aromatic N) is 2. The molecular formula is C15H19ClF2N4O. The summed E-state index contributed by atoms with van der Waals surface area (Å²) in [6.07, 6.45) is -0.482. The molecule has 0 saturated carbocycles. The fourth-order valence-electron chi connectivity index (χ4n) is 2.75. The van der Waals surface area contributed by atoms with Crippen LogP contribution in [0.15, 0.2) is 18.2 Å². The van der Waals surface area contributed by atoms with E-state index in [0.717, 1.165) is 16.6 Å². The van der Waals surface area contributed by atoms with E-state index in [1.807, 2.05) is 36.6 Å². The van der Waals surface area contributed by atoms with Crippen molar-refractivity contribution in [2.45, 2.75) is 38.8 Å². The highest BCUT2D eigenvalue weighted by atomic mass is 35.5. The molecule has 2 heterocycles. The fourth-order valence-corrected chi connectivity index (χ4v) is 2.75. The Kier molecular flexibility index (Phi) is 4.91. The zero-order valence-corrected chi connectivity index (χ0v) is 13.7. The Morgan fingerprint density at radius 1 is 1.52 bits per heavy atom. The standard InChI is InChI=1S/C15H18F2N4O.ClH/c1-3-21-12-5-4-9(2)6-10(12)19-14(21)20-13(22)11-7-15(16,17)8-18-11;/h4-6,11,18H,3,7-8H2,1-2H3,(H,19,20,22);1H. The topological polar surface area (TPSA) is 59.0 Å². The quantitative estimate of drug-likeness (QED) is 0.900. The number of halogens is 3. The zero-order valence-electron chi connectivity index (χ0n) is 12.9. The summed E-state index contributed by atoms with van der Waals surface area (Å²) < 4.78 is 28.2. The number of carbonyl (C=O) groups excluding carboxylic acids is 1. The second kappa shape index (κ2) is 6.41. The SMILES string of the molecule is CCn1c(NC(=O)C2CC(F)(F)CN2)nc2cc(C)ccc21.Cl. The molecule has 1 aromatic carbocycles. The average molecular weight is 345 g/mol. The van der Waals surface area contributed by atoms with Gasteiger partial charge in [-0.25, -0.2) is 13.8 Å². The molecular weight excluding hydrogens is 326 g/mol. The molecule has 23 heavy (non-hydrogen) atoms. The van der Waals surface area contributed by atoms with Crippen LogP contribution in [-0.2, 0) is 11.3 Å². The van der Waals surface area contributed by atoms with Crippen molar-refractivity contribution in [3.8, 4) is 0 Å². The highest BCUT2D eigenvalue weighted by Crippen LogP contribution is 2.26. The van der Waals surface area contributed by atoms with Crippen molar-refractivity contribution in [1.29, 1.82) is 0 Å². The Hall–Kier alpha value is -1.73. The summed E-state index contributed by atoms with van der Waals surface area (Å²) in [6, 6.07) is 4.96. The number of hydrogen-bond donors (Lipinski definition) is 2. The third-order valence-corrected chi connectivity index (χ3v) is 3.88. The summed E-state index contributed by atoms with van der Waals surface area (Å²) in [7, 11) is 0. The lowest BCUT2D eigenvalue weighted by molar-refractivity contribution is -0.118. The summed E-state index contributed by atoms with van der Waals surface area (Å²) >= 11 is 0. The predicted octanol–water partition coefficient (Wildman–Crippen LogP) is 2.72. The van der Waals surface area contributed by atoms with Crippen molar-refractivity contribution in [3.05, 3.63) is 23.8 Å². The van der Waals surface area contributed by atoms with Gasteiger partial charge in [0.1, 0.15) is 0 Å². The van der Waals surface area contributed by atoms with Crippen LogP contribution in [0.2, 0.25) is 0 Å². The predicted molar refractivity (Wildman–Crippen MR) is 87.4 cm³/mol. The second-order valence-electron chi connectivity index (χ2n) is 5.65. The van der Waals surface area contributed by atoms with Gasteiger partial charge in [0.25, 0.3) is 5.92 Å². The highest BCUT2D eigenvalue weighted by molar-refractivity contribution is 5.95. The van der Waals surface area contributed by atoms with E-state index in [1.165, 1.54) is 0 Å². The van der Waals surface area contributed by atoms with Crippen LogP contribution in [0.4, 0.5) is 14.7 Å². The number of fused-ring (bicyclic) bond motifs is 1. The lowest BCUT2D eigenvalue weighted by Crippen LogP contribution is -2.36. The third kappa shape index (κ3) is 3.45. The number of nitrogens with one attached hydrogen (secondary N) is 2. The van der Waals surface area contributed by atoms with Crippen molar-refractivity contribution >= 4 is 35.3 Å². The third-order valence-electron chi connectivity index (χ3n) is 3.88. The van der Waals surface area contributed by atoms with Crippen LogP contribution in [0.25, 0.3) is 11.0 Å². The van der Waals surface area contributed by atoms with Crippen molar-refractivity contribution in [2.24, 2.45) is 0 Å². The van der Waals surface area contributed by atoms with E-state index >= 15 is 0 Å². The lowest BCUT2D eigenvalue weighted by atomic mass is 10.2. The molecule has 1 aliphatic heterocycles. The van der Waals surface area contributed by atoms with Crippen LogP contribution >= 0.6 is 12.4 Å². The molecule has 1 aromatic heterocycles. The molecule has 1 fully saturated rings. The van der Waals surface area contributed by atoms with Crippen LogP contribution in [0.1, 0.15) is 18.9 Å². The summed E-state index contributed by atoms with van der Waals surface area (Å²) in [5.74, 6) is -2.91. The number of aryl methyl sites for hydroxylation is 2. The summed E-state index contributed by atoms with van der Waals surface area (Å²) in [5.41, 5.74) is 2.76. The van der Waals surface area contributed by atoms with Crippen molar-refractivity contribution < 1.29 is 13.6 Å². The lowest BCUT2D eigenvalue weighted by Gasteiger charge is -2.12. The molecule has 1 aliphatic rings. The molecule has 1 unspecified atom stereocenters. The number of imidazole rings is 1. The van der Waals surface area contributed by atoms with Crippen LogP contribution in [0.3, 0.4) is 0 Å². The van der Waals surface area contributed by atoms with Gasteiger partial charge in [-0.05, 0) is 31.5 Å². The number of rotatable bonds is 3. The summed E-state index contributed by atoms with van der Waals surface area (Å²) in [6.45, 7) is 4.07. The molecule has 8 heteroatoms. The zero-order chi connectivity index (χ0) is 15.9. The molecule has 0 spiro atoms. The van der Waals surface area contributed by atoms with E-state index in [2.05, 4.69) is 15.6 Å². The van der Waals surface area contributed by atoms with Gasteiger partial charge < -0.3 is 4.57 Å². The number of carbonyl (C=O) groups is 1. The maximum Gasteiger partial charge on any atom is 0.262 e. The van der Waals surface area contributed by atoms with Crippen LogP contribution in [0, 0.1) is 6.92 Å². The Balaban J connectivity index is 0.00000192. The van der Waals surface area contributed by atoms with E-state index in [0.29, 0.717) is 12.5 Å². The average Bonchev–Trinajstić information content (AvgIpc) is 2.97. The van der Waals surface area contributed by atoms with Gasteiger partial charge in [-0.2, -0.15) is 0 Å². The molecule has 2 N–H and O–H groups in total. The maximum atomic E-state index is 13.2. The second-order valence-corrected chi connectivity index (χ2v) is 5.65. The van der Waals surface area contributed by atoms with Gasteiger partial charge in [0.15, 0.2) is 0 Å². The summed E-state index contributed by atoms with van der Waals surface area (Å²) in [5, 5.41) is 5.22. The summed E-state index contributed by atoms with van der Waals surface area (Å²) in [4.78, 5) is 16.6. The number of anilines is 1. The highest BCUT2D eigenvalue weighted by Gasteiger charge is 2.42. The largest absolute Gasteiger partial charge is 0.310 e. The number of benzene rings is 1. The maximum absolute atomic E-state index is 13.2.